The average Bonchev–Trinajstić information content (AvgIpc) is 1.98. The van der Waals surface area contributed by atoms with Gasteiger partial charge in [0.2, 0.25) is 0 Å². The van der Waals surface area contributed by atoms with Crippen molar-refractivity contribution < 1.29 is 19.8 Å². The first-order valence-electron chi connectivity index (χ1n) is 5.18. The van der Waals surface area contributed by atoms with Crippen LogP contribution in [0.2, 0.25) is 0 Å². The number of rotatable bonds is 6. The zero-order valence-electron chi connectivity index (χ0n) is 10.1. The lowest BCUT2D eigenvalue weighted by Crippen LogP contribution is -2.29. The summed E-state index contributed by atoms with van der Waals surface area (Å²) >= 11 is 0. The van der Waals surface area contributed by atoms with E-state index in [4.69, 9.17) is 5.11 Å². The van der Waals surface area contributed by atoms with Gasteiger partial charge in [0.15, 0.2) is 0 Å². The topological polar surface area (TPSA) is 89.7 Å². The first kappa shape index (κ1) is 14.7. The van der Waals surface area contributed by atoms with Crippen molar-refractivity contribution in [2.75, 3.05) is 0 Å². The SMILES string of the molecule is CC(CC[C@H](C(=O)O)C(C)(C)C)O[N+](=O)[O-]. The predicted molar refractivity (Wildman–Crippen MR) is 57.4 cm³/mol. The molecule has 0 radical (unpaired) electrons. The first-order chi connectivity index (χ1) is 7.14. The van der Waals surface area contributed by atoms with Crippen LogP contribution in [-0.2, 0) is 9.63 Å². The molecular weight excluding hydrogens is 214 g/mol. The lowest BCUT2D eigenvalue weighted by molar-refractivity contribution is -0.767. The fourth-order valence-corrected chi connectivity index (χ4v) is 1.53. The van der Waals surface area contributed by atoms with Crippen LogP contribution in [0.25, 0.3) is 0 Å². The molecule has 0 spiro atoms. The van der Waals surface area contributed by atoms with Crippen LogP contribution >= 0.6 is 0 Å². The van der Waals surface area contributed by atoms with Crippen LogP contribution < -0.4 is 0 Å². The minimum atomic E-state index is -0.874. The van der Waals surface area contributed by atoms with Crippen LogP contribution in [0.4, 0.5) is 0 Å². The van der Waals surface area contributed by atoms with Gasteiger partial charge in [0, 0.05) is 0 Å². The van der Waals surface area contributed by atoms with Crippen molar-refractivity contribution in [1.29, 1.82) is 0 Å². The molecule has 0 saturated heterocycles. The first-order valence-corrected chi connectivity index (χ1v) is 5.18. The van der Waals surface area contributed by atoms with E-state index in [0.717, 1.165) is 0 Å². The molecule has 0 rings (SSSR count). The summed E-state index contributed by atoms with van der Waals surface area (Å²) < 4.78 is 0. The van der Waals surface area contributed by atoms with Gasteiger partial charge in [-0.3, -0.25) is 4.79 Å². The Balaban J connectivity index is 4.24. The largest absolute Gasteiger partial charge is 0.481 e. The Kier molecular flexibility index (Phi) is 5.20. The number of carbonyl (C=O) groups is 1. The van der Waals surface area contributed by atoms with Gasteiger partial charge in [-0.1, -0.05) is 20.8 Å². The lowest BCUT2D eigenvalue weighted by Gasteiger charge is -2.27. The van der Waals surface area contributed by atoms with Crippen LogP contribution in [0, 0.1) is 21.4 Å². The number of nitrogens with zero attached hydrogens (tertiary/aromatic N) is 1. The Labute approximate surface area is 94.7 Å². The van der Waals surface area contributed by atoms with Crippen LogP contribution in [0.1, 0.15) is 40.5 Å². The third kappa shape index (κ3) is 5.53. The number of hydrogen-bond acceptors (Lipinski definition) is 4. The van der Waals surface area contributed by atoms with E-state index in [1.165, 1.54) is 0 Å². The molecule has 0 aliphatic carbocycles. The number of carboxylic acids is 1. The standard InChI is InChI=1S/C10H19NO5/c1-7(16-11(14)15)5-6-8(9(12)13)10(2,3)4/h7-8H,5-6H2,1-4H3,(H,12,13)/t7?,8-/m1/s1. The van der Waals surface area contributed by atoms with Gasteiger partial charge in [0.25, 0.3) is 5.09 Å². The number of aliphatic carboxylic acids is 1. The van der Waals surface area contributed by atoms with Gasteiger partial charge < -0.3 is 9.94 Å². The van der Waals surface area contributed by atoms with Crippen molar-refractivity contribution >= 4 is 5.97 Å². The molecule has 6 heteroatoms. The molecule has 0 saturated carbocycles. The van der Waals surface area contributed by atoms with Crippen molar-refractivity contribution in [3.63, 3.8) is 0 Å². The predicted octanol–water partition coefficient (Wildman–Crippen LogP) is 2.11. The second kappa shape index (κ2) is 5.67. The molecule has 0 bridgehead atoms. The molecule has 6 nitrogen and oxygen atoms in total. The summed E-state index contributed by atoms with van der Waals surface area (Å²) in [7, 11) is 0. The second-order valence-corrected chi connectivity index (χ2v) is 4.97. The molecule has 1 N–H and O–H groups in total. The zero-order valence-corrected chi connectivity index (χ0v) is 10.1. The highest BCUT2D eigenvalue weighted by molar-refractivity contribution is 5.70. The van der Waals surface area contributed by atoms with E-state index in [9.17, 15) is 14.9 Å². The quantitative estimate of drug-likeness (QED) is 0.560. The fourth-order valence-electron chi connectivity index (χ4n) is 1.53. The summed E-state index contributed by atoms with van der Waals surface area (Å²) in [6, 6.07) is 0. The maximum Gasteiger partial charge on any atom is 0.307 e. The van der Waals surface area contributed by atoms with E-state index >= 15 is 0 Å². The molecule has 94 valence electrons. The Morgan fingerprint density at radius 1 is 1.44 bits per heavy atom. The smallest absolute Gasteiger partial charge is 0.307 e. The highest BCUT2D eigenvalue weighted by Gasteiger charge is 2.31. The summed E-state index contributed by atoms with van der Waals surface area (Å²) in [5.41, 5.74) is -0.361. The van der Waals surface area contributed by atoms with Gasteiger partial charge >= 0.3 is 5.97 Å². The van der Waals surface area contributed by atoms with Crippen molar-refractivity contribution in [2.24, 2.45) is 11.3 Å². The Bertz CT molecular complexity index is 258. The zero-order chi connectivity index (χ0) is 12.9. The molecule has 2 atom stereocenters. The van der Waals surface area contributed by atoms with Gasteiger partial charge in [-0.05, 0) is 25.2 Å². The summed E-state index contributed by atoms with van der Waals surface area (Å²) in [5, 5.41) is 18.2. The fraction of sp³-hybridized carbons (Fsp3) is 0.900. The minimum Gasteiger partial charge on any atom is -0.481 e. The van der Waals surface area contributed by atoms with Crippen molar-refractivity contribution in [2.45, 2.75) is 46.6 Å². The maximum atomic E-state index is 11.0. The highest BCUT2D eigenvalue weighted by atomic mass is 17.0. The summed E-state index contributed by atoms with van der Waals surface area (Å²) in [5.74, 6) is -1.40. The molecular formula is C10H19NO5. The van der Waals surface area contributed by atoms with E-state index < -0.39 is 23.1 Å². The van der Waals surface area contributed by atoms with Crippen LogP contribution in [-0.4, -0.2) is 22.3 Å². The van der Waals surface area contributed by atoms with Crippen LogP contribution in [0.3, 0.4) is 0 Å². The second-order valence-electron chi connectivity index (χ2n) is 4.97. The van der Waals surface area contributed by atoms with Gasteiger partial charge in [-0.15, -0.1) is 10.1 Å². The van der Waals surface area contributed by atoms with Gasteiger partial charge in [-0.2, -0.15) is 0 Å². The van der Waals surface area contributed by atoms with E-state index in [1.807, 2.05) is 20.8 Å². The summed E-state index contributed by atoms with van der Waals surface area (Å²) in [6.45, 7) is 7.07. The maximum absolute atomic E-state index is 11.0. The third-order valence-corrected chi connectivity index (χ3v) is 2.47. The normalized spacial score (nSPS) is 15.2. The third-order valence-electron chi connectivity index (χ3n) is 2.47. The van der Waals surface area contributed by atoms with Gasteiger partial charge in [0.1, 0.15) is 6.10 Å². The van der Waals surface area contributed by atoms with Crippen LogP contribution in [0.15, 0.2) is 0 Å². The molecule has 0 heterocycles. The average molecular weight is 233 g/mol. The molecule has 1 unspecified atom stereocenters. The Morgan fingerprint density at radius 2 is 1.94 bits per heavy atom. The Morgan fingerprint density at radius 3 is 2.25 bits per heavy atom. The molecule has 0 aliphatic heterocycles. The minimum absolute atomic E-state index is 0.356. The number of hydrogen-bond donors (Lipinski definition) is 1. The molecule has 0 aromatic carbocycles. The van der Waals surface area contributed by atoms with Crippen LogP contribution in [0.5, 0.6) is 0 Å². The van der Waals surface area contributed by atoms with Crippen molar-refractivity contribution in [3.05, 3.63) is 10.1 Å². The van der Waals surface area contributed by atoms with Crippen molar-refractivity contribution in [1.82, 2.24) is 0 Å². The molecule has 0 aromatic heterocycles. The highest BCUT2D eigenvalue weighted by Crippen LogP contribution is 2.30. The molecule has 0 fully saturated rings. The molecule has 16 heavy (non-hydrogen) atoms. The molecule has 0 amide bonds. The van der Waals surface area contributed by atoms with E-state index in [0.29, 0.717) is 12.8 Å². The Hall–Kier alpha value is -1.33. The van der Waals surface area contributed by atoms with Crippen molar-refractivity contribution in [3.8, 4) is 0 Å². The number of carboxylic acid groups (broad SMARTS) is 1. The van der Waals surface area contributed by atoms with Gasteiger partial charge in [-0.25, -0.2) is 0 Å². The van der Waals surface area contributed by atoms with Gasteiger partial charge in [0.05, 0.1) is 5.92 Å². The van der Waals surface area contributed by atoms with E-state index in [1.54, 1.807) is 6.92 Å². The van der Waals surface area contributed by atoms with E-state index in [2.05, 4.69) is 4.84 Å². The van der Waals surface area contributed by atoms with E-state index in [-0.39, 0.29) is 5.41 Å². The molecule has 0 aliphatic rings. The summed E-state index contributed by atoms with van der Waals surface area (Å²) in [6.07, 6.45) is 0.155. The lowest BCUT2D eigenvalue weighted by atomic mass is 9.78. The monoisotopic (exact) mass is 233 g/mol. The summed E-state index contributed by atoms with van der Waals surface area (Å²) in [4.78, 5) is 25.4. The molecule has 0 aromatic rings.